The molecule has 90 valence electrons. The number of carbonyl (C=O) groups is 1. The van der Waals surface area contributed by atoms with Gasteiger partial charge in [-0.2, -0.15) is 0 Å². The Hall–Kier alpha value is -1.01. The van der Waals surface area contributed by atoms with Crippen LogP contribution in [0.2, 0.25) is 0 Å². The summed E-state index contributed by atoms with van der Waals surface area (Å²) < 4.78 is 21.9. The van der Waals surface area contributed by atoms with Gasteiger partial charge in [0.2, 0.25) is 0 Å². The fourth-order valence-corrected chi connectivity index (χ4v) is 1.78. The van der Waals surface area contributed by atoms with Crippen LogP contribution in [0.5, 0.6) is 0 Å². The van der Waals surface area contributed by atoms with E-state index in [2.05, 4.69) is 10.3 Å². The Morgan fingerprint density at radius 3 is 2.69 bits per heavy atom. The fourth-order valence-electron chi connectivity index (χ4n) is 1.05. The zero-order valence-electron chi connectivity index (χ0n) is 8.95. The predicted octanol–water partition coefficient (Wildman–Crippen LogP) is 1.47. The van der Waals surface area contributed by atoms with E-state index in [1.54, 1.807) is 0 Å². The van der Waals surface area contributed by atoms with Crippen molar-refractivity contribution < 1.29 is 13.2 Å². The minimum atomic E-state index is -3.79. The van der Waals surface area contributed by atoms with Crippen molar-refractivity contribution in [3.05, 3.63) is 18.0 Å². The van der Waals surface area contributed by atoms with Crippen LogP contribution < -0.4 is 5.32 Å². The van der Waals surface area contributed by atoms with E-state index in [0.29, 0.717) is 0 Å². The molecule has 1 aromatic rings. The second kappa shape index (κ2) is 4.88. The molecule has 0 radical (unpaired) electrons. The smallest absolute Gasteiger partial charge is 0.267 e. The molecular formula is C9H13ClN2O3S. The van der Waals surface area contributed by atoms with Gasteiger partial charge in [0.05, 0.1) is 0 Å². The average Bonchev–Trinajstić information content (AvgIpc) is 2.65. The third-order valence-corrected chi connectivity index (χ3v) is 3.51. The van der Waals surface area contributed by atoms with Crippen LogP contribution in [0.4, 0.5) is 0 Å². The van der Waals surface area contributed by atoms with Crippen molar-refractivity contribution in [2.75, 3.05) is 0 Å². The van der Waals surface area contributed by atoms with Gasteiger partial charge in [0.15, 0.2) is 0 Å². The lowest BCUT2D eigenvalue weighted by Gasteiger charge is -2.09. The Morgan fingerprint density at radius 2 is 2.25 bits per heavy atom. The summed E-state index contributed by atoms with van der Waals surface area (Å²) in [7, 11) is 1.34. The molecule has 0 saturated heterocycles. The van der Waals surface area contributed by atoms with E-state index in [4.69, 9.17) is 10.7 Å². The lowest BCUT2D eigenvalue weighted by molar-refractivity contribution is 0.0935. The first-order chi connectivity index (χ1) is 7.34. The highest BCUT2D eigenvalue weighted by Crippen LogP contribution is 2.15. The van der Waals surface area contributed by atoms with E-state index < -0.39 is 9.05 Å². The molecule has 1 rings (SSSR count). The molecule has 7 heteroatoms. The van der Waals surface area contributed by atoms with E-state index in [1.807, 2.05) is 13.8 Å². The molecule has 1 heterocycles. The first-order valence-electron chi connectivity index (χ1n) is 4.78. The molecule has 0 aliphatic heterocycles. The van der Waals surface area contributed by atoms with Crippen LogP contribution in [-0.2, 0) is 9.05 Å². The summed E-state index contributed by atoms with van der Waals surface area (Å²) in [4.78, 5) is 14.0. The number of rotatable bonds is 4. The molecule has 0 aliphatic rings. The summed E-state index contributed by atoms with van der Waals surface area (Å²) in [6, 6.07) is 1.24. The van der Waals surface area contributed by atoms with Crippen LogP contribution in [0.25, 0.3) is 0 Å². The van der Waals surface area contributed by atoms with Crippen LogP contribution in [-0.4, -0.2) is 25.4 Å². The molecule has 1 atom stereocenters. The maximum Gasteiger partial charge on any atom is 0.267 e. The Kier molecular flexibility index (Phi) is 3.98. The fraction of sp³-hybridized carbons (Fsp3) is 0.444. The van der Waals surface area contributed by atoms with Crippen LogP contribution in [0.15, 0.2) is 17.2 Å². The van der Waals surface area contributed by atoms with Crippen molar-refractivity contribution in [1.82, 2.24) is 10.3 Å². The Morgan fingerprint density at radius 1 is 1.62 bits per heavy atom. The van der Waals surface area contributed by atoms with Crippen molar-refractivity contribution >= 4 is 25.6 Å². The summed E-state index contributed by atoms with van der Waals surface area (Å²) in [5.74, 6) is -0.346. The van der Waals surface area contributed by atoms with Crippen LogP contribution in [0.1, 0.15) is 30.8 Å². The molecule has 5 nitrogen and oxygen atoms in total. The van der Waals surface area contributed by atoms with Crippen LogP contribution in [0.3, 0.4) is 0 Å². The summed E-state index contributed by atoms with van der Waals surface area (Å²) in [6.07, 6.45) is 1.99. The highest BCUT2D eigenvalue weighted by atomic mass is 35.7. The van der Waals surface area contributed by atoms with Gasteiger partial charge in [-0.3, -0.25) is 4.79 Å². The maximum absolute atomic E-state index is 11.6. The maximum atomic E-state index is 11.6. The van der Waals surface area contributed by atoms with Gasteiger partial charge in [-0.1, -0.05) is 6.92 Å². The molecule has 0 saturated carbocycles. The number of carbonyl (C=O) groups excluding carboxylic acids is 1. The van der Waals surface area contributed by atoms with E-state index in [-0.39, 0.29) is 22.5 Å². The summed E-state index contributed by atoms with van der Waals surface area (Å²) in [5, 5.41) is 2.70. The molecule has 1 aromatic heterocycles. The lowest BCUT2D eigenvalue weighted by atomic mass is 10.2. The summed E-state index contributed by atoms with van der Waals surface area (Å²) in [5.41, 5.74) is 0.180. The zero-order chi connectivity index (χ0) is 12.3. The second-order valence-electron chi connectivity index (χ2n) is 3.47. The third-order valence-electron chi connectivity index (χ3n) is 2.17. The van der Waals surface area contributed by atoms with Crippen molar-refractivity contribution in [2.45, 2.75) is 31.2 Å². The molecular weight excluding hydrogens is 252 g/mol. The first kappa shape index (κ1) is 13.1. The largest absolute Gasteiger partial charge is 0.356 e. The third kappa shape index (κ3) is 3.24. The van der Waals surface area contributed by atoms with E-state index >= 15 is 0 Å². The quantitative estimate of drug-likeness (QED) is 0.809. The van der Waals surface area contributed by atoms with Crippen molar-refractivity contribution in [1.29, 1.82) is 0 Å². The van der Waals surface area contributed by atoms with E-state index in [0.717, 1.165) is 6.42 Å². The van der Waals surface area contributed by atoms with Crippen LogP contribution in [0, 0.1) is 0 Å². The number of halogens is 1. The van der Waals surface area contributed by atoms with E-state index in [1.165, 1.54) is 12.3 Å². The Bertz CT molecular complexity index is 481. The van der Waals surface area contributed by atoms with Crippen molar-refractivity contribution in [3.63, 3.8) is 0 Å². The zero-order valence-corrected chi connectivity index (χ0v) is 10.5. The lowest BCUT2D eigenvalue weighted by Crippen LogP contribution is -2.32. The topological polar surface area (TPSA) is 79.0 Å². The number of amides is 1. The number of hydrogen-bond acceptors (Lipinski definition) is 3. The molecule has 0 spiro atoms. The number of aromatic amines is 1. The number of H-pyrrole nitrogens is 1. The van der Waals surface area contributed by atoms with Crippen molar-refractivity contribution in [3.8, 4) is 0 Å². The van der Waals surface area contributed by atoms with Gasteiger partial charge in [0, 0.05) is 22.9 Å². The molecule has 16 heavy (non-hydrogen) atoms. The molecule has 1 unspecified atom stereocenters. The normalized spacial score (nSPS) is 13.4. The summed E-state index contributed by atoms with van der Waals surface area (Å²) >= 11 is 0. The van der Waals surface area contributed by atoms with Gasteiger partial charge in [0.1, 0.15) is 10.6 Å². The van der Waals surface area contributed by atoms with Gasteiger partial charge in [-0.05, 0) is 19.4 Å². The second-order valence-corrected chi connectivity index (χ2v) is 6.04. The highest BCUT2D eigenvalue weighted by molar-refractivity contribution is 8.13. The minimum Gasteiger partial charge on any atom is -0.356 e. The molecule has 0 bridgehead atoms. The average molecular weight is 265 g/mol. The van der Waals surface area contributed by atoms with Crippen molar-refractivity contribution in [2.24, 2.45) is 0 Å². The van der Waals surface area contributed by atoms with Gasteiger partial charge < -0.3 is 10.3 Å². The van der Waals surface area contributed by atoms with E-state index in [9.17, 15) is 13.2 Å². The van der Waals surface area contributed by atoms with Gasteiger partial charge in [-0.15, -0.1) is 0 Å². The number of nitrogens with one attached hydrogen (secondary N) is 2. The predicted molar refractivity (Wildman–Crippen MR) is 61.1 cm³/mol. The first-order valence-corrected chi connectivity index (χ1v) is 7.09. The summed E-state index contributed by atoms with van der Waals surface area (Å²) in [6.45, 7) is 3.80. The molecule has 0 fully saturated rings. The van der Waals surface area contributed by atoms with Gasteiger partial charge >= 0.3 is 0 Å². The Balaban J connectivity index is 2.83. The van der Waals surface area contributed by atoms with Gasteiger partial charge in [0.25, 0.3) is 15.0 Å². The van der Waals surface area contributed by atoms with Gasteiger partial charge in [-0.25, -0.2) is 8.42 Å². The monoisotopic (exact) mass is 264 g/mol. The molecule has 1 amide bonds. The highest BCUT2D eigenvalue weighted by Gasteiger charge is 2.16. The molecule has 2 N–H and O–H groups in total. The molecule has 0 aromatic carbocycles. The Labute approximate surface area is 98.6 Å². The SMILES string of the molecule is CCC(C)NC(=O)c1cc(S(=O)(=O)Cl)c[nH]1. The van der Waals surface area contributed by atoms with Crippen LogP contribution >= 0.6 is 10.7 Å². The number of aromatic nitrogens is 1. The minimum absolute atomic E-state index is 0.0341. The number of hydrogen-bond donors (Lipinski definition) is 2. The standard InChI is InChI=1S/C9H13ClN2O3S/c1-3-6(2)12-9(13)8-4-7(5-11-8)16(10,14)15/h4-6,11H,3H2,1-2H3,(H,12,13). The molecule has 0 aliphatic carbocycles.